The Bertz CT molecular complexity index is 192. The minimum Gasteiger partial charge on any atom is -0.313 e. The molecule has 2 aliphatic heterocycles. The Balaban J connectivity index is 1.71. The quantitative estimate of drug-likeness (QED) is 0.723. The third kappa shape index (κ3) is 2.48. The molecule has 2 nitrogen and oxygen atoms in total. The molecule has 0 aliphatic carbocycles. The van der Waals surface area contributed by atoms with Gasteiger partial charge >= 0.3 is 0 Å². The van der Waals surface area contributed by atoms with Gasteiger partial charge in [-0.2, -0.15) is 0 Å². The van der Waals surface area contributed by atoms with Gasteiger partial charge in [0.15, 0.2) is 0 Å². The molecule has 1 N–H and O–H groups in total. The van der Waals surface area contributed by atoms with E-state index >= 15 is 0 Å². The zero-order chi connectivity index (χ0) is 10.2. The molecule has 2 atom stereocenters. The predicted molar refractivity (Wildman–Crippen MR) is 60.4 cm³/mol. The highest BCUT2D eigenvalue weighted by molar-refractivity contribution is 4.90. The number of hydrogen-bond donors (Lipinski definition) is 1. The first-order valence-electron chi connectivity index (χ1n) is 6.01. The van der Waals surface area contributed by atoms with E-state index in [-0.39, 0.29) is 0 Å². The zero-order valence-corrected chi connectivity index (χ0v) is 9.84. The molecule has 0 aromatic carbocycles. The zero-order valence-electron chi connectivity index (χ0n) is 9.84. The lowest BCUT2D eigenvalue weighted by atomic mass is 9.83. The van der Waals surface area contributed by atoms with Crippen molar-refractivity contribution in [1.82, 2.24) is 10.2 Å². The van der Waals surface area contributed by atoms with Crippen molar-refractivity contribution in [3.8, 4) is 0 Å². The highest BCUT2D eigenvalue weighted by atomic mass is 15.2. The van der Waals surface area contributed by atoms with Crippen LogP contribution in [0.15, 0.2) is 0 Å². The first-order valence-corrected chi connectivity index (χ1v) is 6.01. The van der Waals surface area contributed by atoms with Crippen LogP contribution in [-0.4, -0.2) is 37.1 Å². The second kappa shape index (κ2) is 3.82. The number of rotatable bonds is 2. The third-order valence-corrected chi connectivity index (χ3v) is 3.54. The SMILES string of the molecule is CC1CCNC(CN2CC(C)(C)C2)C1. The minimum atomic E-state index is 0.584. The Morgan fingerprint density at radius 2 is 2.07 bits per heavy atom. The van der Waals surface area contributed by atoms with Crippen LogP contribution in [-0.2, 0) is 0 Å². The number of nitrogens with one attached hydrogen (secondary N) is 1. The van der Waals surface area contributed by atoms with Gasteiger partial charge in [0.05, 0.1) is 0 Å². The minimum absolute atomic E-state index is 0.584. The number of piperidine rings is 1. The van der Waals surface area contributed by atoms with Crippen molar-refractivity contribution in [1.29, 1.82) is 0 Å². The Morgan fingerprint density at radius 3 is 2.64 bits per heavy atom. The van der Waals surface area contributed by atoms with Crippen LogP contribution in [0.4, 0.5) is 0 Å². The third-order valence-electron chi connectivity index (χ3n) is 3.54. The van der Waals surface area contributed by atoms with Crippen LogP contribution in [0.3, 0.4) is 0 Å². The topological polar surface area (TPSA) is 15.3 Å². The number of likely N-dealkylation sites (tertiary alicyclic amines) is 1. The van der Waals surface area contributed by atoms with Crippen LogP contribution < -0.4 is 5.32 Å². The van der Waals surface area contributed by atoms with E-state index in [4.69, 9.17) is 0 Å². The molecule has 14 heavy (non-hydrogen) atoms. The molecule has 2 unspecified atom stereocenters. The fourth-order valence-electron chi connectivity index (χ4n) is 2.96. The fourth-order valence-corrected chi connectivity index (χ4v) is 2.96. The molecule has 0 amide bonds. The van der Waals surface area contributed by atoms with Crippen LogP contribution in [0.1, 0.15) is 33.6 Å². The van der Waals surface area contributed by atoms with Crippen LogP contribution in [0.5, 0.6) is 0 Å². The van der Waals surface area contributed by atoms with Gasteiger partial charge < -0.3 is 10.2 Å². The average molecular weight is 196 g/mol. The van der Waals surface area contributed by atoms with Gasteiger partial charge in [0.1, 0.15) is 0 Å². The molecule has 82 valence electrons. The van der Waals surface area contributed by atoms with Gasteiger partial charge in [0.2, 0.25) is 0 Å². The Kier molecular flexibility index (Phi) is 2.85. The summed E-state index contributed by atoms with van der Waals surface area (Å²) in [6, 6.07) is 0.759. The Hall–Kier alpha value is -0.0800. The summed E-state index contributed by atoms with van der Waals surface area (Å²) in [5.41, 5.74) is 0.584. The van der Waals surface area contributed by atoms with E-state index in [1.807, 2.05) is 0 Å². The molecule has 2 fully saturated rings. The summed E-state index contributed by atoms with van der Waals surface area (Å²) < 4.78 is 0. The van der Waals surface area contributed by atoms with Crippen LogP contribution in [0, 0.1) is 11.3 Å². The molecule has 0 aromatic rings. The first-order chi connectivity index (χ1) is 6.55. The van der Waals surface area contributed by atoms with E-state index in [0.29, 0.717) is 5.41 Å². The molecular weight excluding hydrogens is 172 g/mol. The smallest absolute Gasteiger partial charge is 0.0197 e. The summed E-state index contributed by atoms with van der Waals surface area (Å²) in [6.45, 7) is 12.2. The van der Waals surface area contributed by atoms with E-state index < -0.39 is 0 Å². The summed E-state index contributed by atoms with van der Waals surface area (Å²) in [6.07, 6.45) is 2.74. The molecule has 0 aromatic heterocycles. The number of nitrogens with zero attached hydrogens (tertiary/aromatic N) is 1. The largest absolute Gasteiger partial charge is 0.313 e. The molecule has 2 rings (SSSR count). The monoisotopic (exact) mass is 196 g/mol. The maximum atomic E-state index is 3.63. The molecule has 0 radical (unpaired) electrons. The maximum absolute atomic E-state index is 3.63. The van der Waals surface area contributed by atoms with Crippen molar-refractivity contribution in [3.63, 3.8) is 0 Å². The van der Waals surface area contributed by atoms with E-state index in [1.54, 1.807) is 0 Å². The van der Waals surface area contributed by atoms with Gasteiger partial charge in [-0.05, 0) is 30.7 Å². The van der Waals surface area contributed by atoms with Gasteiger partial charge in [-0.25, -0.2) is 0 Å². The summed E-state index contributed by atoms with van der Waals surface area (Å²) in [4.78, 5) is 2.59. The van der Waals surface area contributed by atoms with Gasteiger partial charge in [-0.3, -0.25) is 0 Å². The van der Waals surface area contributed by atoms with Gasteiger partial charge in [0, 0.05) is 25.7 Å². The first kappa shape index (κ1) is 10.4. The van der Waals surface area contributed by atoms with E-state index in [0.717, 1.165) is 12.0 Å². The molecule has 0 saturated carbocycles. The lowest BCUT2D eigenvalue weighted by molar-refractivity contribution is 0.0190. The van der Waals surface area contributed by atoms with Crippen molar-refractivity contribution in [2.24, 2.45) is 11.3 Å². The highest BCUT2D eigenvalue weighted by Gasteiger charge is 2.35. The fraction of sp³-hybridized carbons (Fsp3) is 1.00. The second-order valence-corrected chi connectivity index (χ2v) is 6.11. The molecule has 2 saturated heterocycles. The molecule has 2 aliphatic rings. The van der Waals surface area contributed by atoms with Crippen molar-refractivity contribution in [3.05, 3.63) is 0 Å². The van der Waals surface area contributed by atoms with E-state index in [9.17, 15) is 0 Å². The molecule has 2 heteroatoms. The van der Waals surface area contributed by atoms with Crippen molar-refractivity contribution < 1.29 is 0 Å². The van der Waals surface area contributed by atoms with Crippen molar-refractivity contribution in [2.75, 3.05) is 26.2 Å². The van der Waals surface area contributed by atoms with Crippen molar-refractivity contribution >= 4 is 0 Å². The second-order valence-electron chi connectivity index (χ2n) is 6.11. The Morgan fingerprint density at radius 1 is 1.36 bits per heavy atom. The Labute approximate surface area is 88.1 Å². The van der Waals surface area contributed by atoms with Gasteiger partial charge in [-0.1, -0.05) is 20.8 Å². The number of hydrogen-bond acceptors (Lipinski definition) is 2. The van der Waals surface area contributed by atoms with Gasteiger partial charge in [-0.15, -0.1) is 0 Å². The molecular formula is C12H24N2. The standard InChI is InChI=1S/C12H24N2/c1-10-4-5-13-11(6-10)7-14-8-12(2,3)9-14/h10-11,13H,4-9H2,1-3H3. The van der Waals surface area contributed by atoms with Crippen LogP contribution in [0.25, 0.3) is 0 Å². The van der Waals surface area contributed by atoms with Crippen molar-refractivity contribution in [2.45, 2.75) is 39.7 Å². The summed E-state index contributed by atoms with van der Waals surface area (Å²) in [5, 5.41) is 3.63. The van der Waals surface area contributed by atoms with Gasteiger partial charge in [0.25, 0.3) is 0 Å². The summed E-state index contributed by atoms with van der Waals surface area (Å²) >= 11 is 0. The molecule has 0 bridgehead atoms. The van der Waals surface area contributed by atoms with E-state index in [2.05, 4.69) is 31.0 Å². The highest BCUT2D eigenvalue weighted by Crippen LogP contribution is 2.29. The van der Waals surface area contributed by atoms with Crippen LogP contribution >= 0.6 is 0 Å². The summed E-state index contributed by atoms with van der Waals surface area (Å²) in [7, 11) is 0. The van der Waals surface area contributed by atoms with Crippen LogP contribution in [0.2, 0.25) is 0 Å². The normalized spacial score (nSPS) is 37.9. The maximum Gasteiger partial charge on any atom is 0.0197 e. The lowest BCUT2D eigenvalue weighted by Gasteiger charge is -2.48. The predicted octanol–water partition coefficient (Wildman–Crippen LogP) is 1.72. The van der Waals surface area contributed by atoms with E-state index in [1.165, 1.54) is 39.0 Å². The molecule has 2 heterocycles. The molecule has 0 spiro atoms. The summed E-state index contributed by atoms with van der Waals surface area (Å²) in [5.74, 6) is 0.926. The average Bonchev–Trinajstić information content (AvgIpc) is 2.00. The lowest BCUT2D eigenvalue weighted by Crippen LogP contribution is -2.57.